The van der Waals surface area contributed by atoms with Crippen LogP contribution < -0.4 is 4.74 Å². The number of ether oxygens (including phenoxy) is 1. The summed E-state index contributed by atoms with van der Waals surface area (Å²) in [4.78, 5) is 13.8. The van der Waals surface area contributed by atoms with Crippen molar-refractivity contribution in [3.8, 4) is 5.75 Å². The molecule has 0 saturated heterocycles. The van der Waals surface area contributed by atoms with E-state index in [9.17, 15) is 10.1 Å². The van der Waals surface area contributed by atoms with Crippen LogP contribution in [0.25, 0.3) is 0 Å². The van der Waals surface area contributed by atoms with E-state index in [1.165, 1.54) is 6.20 Å². The van der Waals surface area contributed by atoms with Crippen molar-refractivity contribution in [2.24, 2.45) is 0 Å². The standard InChI is InChI=1S/C11H15ClN2O3/c12-7-3-1-2-4-9-17-10-6-5-8-13-11(10)14(15)16/h5-6,8H,1-4,7,9H2. The second-order valence-electron chi connectivity index (χ2n) is 3.53. The monoisotopic (exact) mass is 258 g/mol. The van der Waals surface area contributed by atoms with E-state index >= 15 is 0 Å². The van der Waals surface area contributed by atoms with Gasteiger partial charge in [-0.2, -0.15) is 0 Å². The first-order valence-electron chi connectivity index (χ1n) is 5.54. The van der Waals surface area contributed by atoms with E-state index in [0.717, 1.165) is 25.7 Å². The van der Waals surface area contributed by atoms with Gasteiger partial charge < -0.3 is 14.9 Å². The molecular formula is C11H15ClN2O3. The molecule has 0 aliphatic carbocycles. The Kier molecular flexibility index (Phi) is 6.32. The fraction of sp³-hybridized carbons (Fsp3) is 0.545. The van der Waals surface area contributed by atoms with Crippen molar-refractivity contribution in [2.45, 2.75) is 25.7 Å². The van der Waals surface area contributed by atoms with Crippen molar-refractivity contribution < 1.29 is 9.66 Å². The molecule has 5 nitrogen and oxygen atoms in total. The third-order valence-electron chi connectivity index (χ3n) is 2.21. The third-order valence-corrected chi connectivity index (χ3v) is 2.48. The summed E-state index contributed by atoms with van der Waals surface area (Å²) in [5.74, 6) is 0.678. The fourth-order valence-electron chi connectivity index (χ4n) is 1.36. The van der Waals surface area contributed by atoms with E-state index in [2.05, 4.69) is 4.98 Å². The zero-order chi connectivity index (χ0) is 12.5. The third kappa shape index (κ3) is 4.99. The molecule has 0 saturated carbocycles. The number of rotatable bonds is 8. The van der Waals surface area contributed by atoms with Gasteiger partial charge in [0.1, 0.15) is 6.20 Å². The predicted octanol–water partition coefficient (Wildman–Crippen LogP) is 3.17. The maximum Gasteiger partial charge on any atom is 0.406 e. The van der Waals surface area contributed by atoms with Crippen molar-refractivity contribution >= 4 is 17.4 Å². The van der Waals surface area contributed by atoms with E-state index in [1.54, 1.807) is 12.1 Å². The number of nitrogens with zero attached hydrogens (tertiary/aromatic N) is 2. The molecular weight excluding hydrogens is 244 g/mol. The van der Waals surface area contributed by atoms with Crippen molar-refractivity contribution in [1.82, 2.24) is 4.98 Å². The summed E-state index contributed by atoms with van der Waals surface area (Å²) >= 11 is 5.55. The minimum absolute atomic E-state index is 0.228. The second-order valence-corrected chi connectivity index (χ2v) is 3.91. The SMILES string of the molecule is O=[N+]([O-])c1ncccc1OCCCCCCCl. The maximum atomic E-state index is 10.6. The Morgan fingerprint density at radius 3 is 2.82 bits per heavy atom. The number of hydrogen-bond donors (Lipinski definition) is 0. The molecule has 17 heavy (non-hydrogen) atoms. The van der Waals surface area contributed by atoms with Gasteiger partial charge in [0, 0.05) is 5.88 Å². The van der Waals surface area contributed by atoms with Gasteiger partial charge in [0.15, 0.2) is 0 Å². The van der Waals surface area contributed by atoms with E-state index in [4.69, 9.17) is 16.3 Å². The number of unbranched alkanes of at least 4 members (excludes halogenated alkanes) is 3. The molecule has 0 radical (unpaired) electrons. The Morgan fingerprint density at radius 2 is 2.12 bits per heavy atom. The van der Waals surface area contributed by atoms with Crippen LogP contribution in [0.2, 0.25) is 0 Å². The summed E-state index contributed by atoms with van der Waals surface area (Å²) in [5, 5.41) is 10.6. The average molecular weight is 259 g/mol. The van der Waals surface area contributed by atoms with Crippen molar-refractivity contribution in [3.05, 3.63) is 28.4 Å². The van der Waals surface area contributed by atoms with Crippen LogP contribution in [-0.2, 0) is 0 Å². The molecule has 0 aromatic carbocycles. The van der Waals surface area contributed by atoms with E-state index in [-0.39, 0.29) is 11.6 Å². The normalized spacial score (nSPS) is 10.2. The molecule has 0 bridgehead atoms. The summed E-state index contributed by atoms with van der Waals surface area (Å²) in [6, 6.07) is 3.18. The van der Waals surface area contributed by atoms with Gasteiger partial charge in [0.05, 0.1) is 6.61 Å². The van der Waals surface area contributed by atoms with Gasteiger partial charge in [-0.15, -0.1) is 11.6 Å². The number of hydrogen-bond acceptors (Lipinski definition) is 4. The van der Waals surface area contributed by atoms with E-state index < -0.39 is 4.92 Å². The largest absolute Gasteiger partial charge is 0.486 e. The Hall–Kier alpha value is -1.36. The molecule has 1 aromatic heterocycles. The lowest BCUT2D eigenvalue weighted by molar-refractivity contribution is -0.390. The number of pyridine rings is 1. The van der Waals surface area contributed by atoms with E-state index in [0.29, 0.717) is 12.5 Å². The molecule has 1 heterocycles. The first-order valence-corrected chi connectivity index (χ1v) is 6.07. The first-order chi connectivity index (χ1) is 8.25. The van der Waals surface area contributed by atoms with Crippen LogP contribution in [0, 0.1) is 10.1 Å². The molecule has 0 spiro atoms. The smallest absolute Gasteiger partial charge is 0.406 e. The molecule has 0 N–H and O–H groups in total. The minimum atomic E-state index is -0.539. The lowest BCUT2D eigenvalue weighted by Gasteiger charge is -2.05. The second kappa shape index (κ2) is 7.84. The maximum absolute atomic E-state index is 10.6. The number of nitro groups is 1. The zero-order valence-corrected chi connectivity index (χ0v) is 10.2. The zero-order valence-electron chi connectivity index (χ0n) is 9.47. The molecule has 0 atom stereocenters. The summed E-state index contributed by atoms with van der Waals surface area (Å²) < 4.78 is 5.34. The molecule has 0 aliphatic heterocycles. The van der Waals surface area contributed by atoms with Gasteiger partial charge in [0.25, 0.3) is 0 Å². The highest BCUT2D eigenvalue weighted by atomic mass is 35.5. The van der Waals surface area contributed by atoms with Crippen molar-refractivity contribution in [1.29, 1.82) is 0 Å². The number of aromatic nitrogens is 1. The van der Waals surface area contributed by atoms with Crippen LogP contribution in [0.5, 0.6) is 5.75 Å². The lowest BCUT2D eigenvalue weighted by atomic mass is 10.2. The first kappa shape index (κ1) is 13.7. The lowest BCUT2D eigenvalue weighted by Crippen LogP contribution is -2.01. The number of halogens is 1. The fourth-order valence-corrected chi connectivity index (χ4v) is 1.55. The Morgan fingerprint density at radius 1 is 1.35 bits per heavy atom. The molecule has 1 rings (SSSR count). The highest BCUT2D eigenvalue weighted by Gasteiger charge is 2.14. The van der Waals surface area contributed by atoms with Gasteiger partial charge >= 0.3 is 5.82 Å². The van der Waals surface area contributed by atoms with E-state index in [1.807, 2.05) is 0 Å². The van der Waals surface area contributed by atoms with Crippen LogP contribution in [0.1, 0.15) is 25.7 Å². The molecule has 1 aromatic rings. The highest BCUT2D eigenvalue weighted by molar-refractivity contribution is 6.17. The Balaban J connectivity index is 2.34. The van der Waals surface area contributed by atoms with Gasteiger partial charge in [0.2, 0.25) is 5.75 Å². The molecule has 6 heteroatoms. The number of alkyl halides is 1. The van der Waals surface area contributed by atoms with Crippen molar-refractivity contribution in [3.63, 3.8) is 0 Å². The van der Waals surface area contributed by atoms with Gasteiger partial charge in [-0.25, -0.2) is 0 Å². The van der Waals surface area contributed by atoms with Crippen LogP contribution >= 0.6 is 11.6 Å². The highest BCUT2D eigenvalue weighted by Crippen LogP contribution is 2.23. The molecule has 0 amide bonds. The van der Waals surface area contributed by atoms with Crippen LogP contribution in [0.4, 0.5) is 5.82 Å². The average Bonchev–Trinajstić information content (AvgIpc) is 2.34. The van der Waals surface area contributed by atoms with Crippen molar-refractivity contribution in [2.75, 3.05) is 12.5 Å². The van der Waals surface area contributed by atoms with Crippen LogP contribution in [-0.4, -0.2) is 22.4 Å². The molecule has 94 valence electrons. The summed E-state index contributed by atoms with van der Waals surface area (Å²) in [5.41, 5.74) is 0. The van der Waals surface area contributed by atoms with Crippen LogP contribution in [0.15, 0.2) is 18.3 Å². The van der Waals surface area contributed by atoms with Gasteiger partial charge in [-0.05, 0) is 34.9 Å². The summed E-state index contributed by atoms with van der Waals surface area (Å²) in [6.45, 7) is 0.467. The molecule has 0 fully saturated rings. The summed E-state index contributed by atoms with van der Waals surface area (Å²) in [6.07, 6.45) is 5.31. The predicted molar refractivity (Wildman–Crippen MR) is 65.6 cm³/mol. The van der Waals surface area contributed by atoms with Gasteiger partial charge in [-0.3, -0.25) is 0 Å². The molecule has 0 unspecified atom stereocenters. The topological polar surface area (TPSA) is 65.3 Å². The van der Waals surface area contributed by atoms with Crippen LogP contribution in [0.3, 0.4) is 0 Å². The Bertz CT molecular complexity index is 360. The summed E-state index contributed by atoms with van der Waals surface area (Å²) in [7, 11) is 0. The Labute approximate surface area is 105 Å². The van der Waals surface area contributed by atoms with Gasteiger partial charge in [-0.1, -0.05) is 12.8 Å². The quantitative estimate of drug-likeness (QED) is 0.311. The molecule has 0 aliphatic rings. The minimum Gasteiger partial charge on any atom is -0.486 e.